The van der Waals surface area contributed by atoms with E-state index in [-0.39, 0.29) is 17.9 Å². The highest BCUT2D eigenvalue weighted by atomic mass is 16.5. The average Bonchev–Trinajstić information content (AvgIpc) is 2.91. The standard InChI is InChI=1S/C32H44O5/c1-4-6-8-10-11-12-14-16-30(33)26-17-19-27(20-18-26)32(35)37-29-23-21-28(22-24-29)31(34)36-25(3)15-13-9-7-5-2/h17-25H,4-16H2,1-3H3. The van der Waals surface area contributed by atoms with Crippen LogP contribution in [0.4, 0.5) is 0 Å². The van der Waals surface area contributed by atoms with Gasteiger partial charge in [0.05, 0.1) is 17.2 Å². The van der Waals surface area contributed by atoms with Gasteiger partial charge in [0.1, 0.15) is 5.75 Å². The van der Waals surface area contributed by atoms with Crippen molar-refractivity contribution in [3.8, 4) is 5.75 Å². The highest BCUT2D eigenvalue weighted by Gasteiger charge is 2.14. The van der Waals surface area contributed by atoms with Crippen LogP contribution in [0.5, 0.6) is 5.75 Å². The van der Waals surface area contributed by atoms with Gasteiger partial charge in [0.2, 0.25) is 0 Å². The van der Waals surface area contributed by atoms with E-state index in [1.54, 1.807) is 48.5 Å². The molecule has 0 N–H and O–H groups in total. The zero-order valence-corrected chi connectivity index (χ0v) is 22.9. The number of unbranched alkanes of at least 4 members (excludes halogenated alkanes) is 9. The molecule has 2 rings (SSSR count). The van der Waals surface area contributed by atoms with Gasteiger partial charge in [-0.1, -0.05) is 83.8 Å². The number of ketones is 1. The van der Waals surface area contributed by atoms with Gasteiger partial charge in [0, 0.05) is 12.0 Å². The second-order valence-corrected chi connectivity index (χ2v) is 9.85. The van der Waals surface area contributed by atoms with E-state index in [0.717, 1.165) is 32.1 Å². The van der Waals surface area contributed by atoms with Crippen molar-refractivity contribution < 1.29 is 23.9 Å². The third kappa shape index (κ3) is 11.8. The third-order valence-corrected chi connectivity index (χ3v) is 6.52. The summed E-state index contributed by atoms with van der Waals surface area (Å²) < 4.78 is 11.0. The molecule has 37 heavy (non-hydrogen) atoms. The van der Waals surface area contributed by atoms with Crippen LogP contribution in [0.3, 0.4) is 0 Å². The highest BCUT2D eigenvalue weighted by Crippen LogP contribution is 2.18. The quantitative estimate of drug-likeness (QED) is 0.0871. The van der Waals surface area contributed by atoms with E-state index in [2.05, 4.69) is 13.8 Å². The van der Waals surface area contributed by atoms with Crippen LogP contribution in [-0.4, -0.2) is 23.8 Å². The predicted octanol–water partition coefficient (Wildman–Crippen LogP) is 8.74. The predicted molar refractivity (Wildman–Crippen MR) is 148 cm³/mol. The first-order chi connectivity index (χ1) is 17.9. The lowest BCUT2D eigenvalue weighted by atomic mass is 10.0. The van der Waals surface area contributed by atoms with Crippen molar-refractivity contribution >= 4 is 17.7 Å². The molecule has 5 nitrogen and oxygen atoms in total. The monoisotopic (exact) mass is 508 g/mol. The second kappa shape index (κ2) is 17.5. The summed E-state index contributed by atoms with van der Waals surface area (Å²) in [5, 5.41) is 0. The molecule has 2 aromatic carbocycles. The van der Waals surface area contributed by atoms with Crippen LogP contribution in [0, 0.1) is 0 Å². The Hall–Kier alpha value is -2.95. The van der Waals surface area contributed by atoms with Crippen molar-refractivity contribution in [1.29, 1.82) is 0 Å². The molecule has 2 aromatic rings. The highest BCUT2D eigenvalue weighted by molar-refractivity contribution is 5.98. The van der Waals surface area contributed by atoms with Crippen molar-refractivity contribution in [2.24, 2.45) is 0 Å². The van der Waals surface area contributed by atoms with Gasteiger partial charge in [0.25, 0.3) is 0 Å². The minimum absolute atomic E-state index is 0.103. The Balaban J connectivity index is 1.77. The minimum atomic E-state index is -0.512. The maximum Gasteiger partial charge on any atom is 0.343 e. The topological polar surface area (TPSA) is 69.7 Å². The first-order valence-corrected chi connectivity index (χ1v) is 14.1. The summed E-state index contributed by atoms with van der Waals surface area (Å²) in [7, 11) is 0. The Bertz CT molecular complexity index is 946. The molecular formula is C32H44O5. The van der Waals surface area contributed by atoms with Crippen LogP contribution >= 0.6 is 0 Å². The molecule has 0 aliphatic rings. The van der Waals surface area contributed by atoms with E-state index in [0.29, 0.717) is 28.9 Å². The zero-order chi connectivity index (χ0) is 26.9. The molecule has 0 heterocycles. The molecule has 0 radical (unpaired) electrons. The number of Topliss-reactive ketones (excluding diaryl/α,β-unsaturated/α-hetero) is 1. The smallest absolute Gasteiger partial charge is 0.343 e. The molecule has 5 heteroatoms. The molecule has 0 spiro atoms. The number of esters is 2. The third-order valence-electron chi connectivity index (χ3n) is 6.52. The number of benzene rings is 2. The Morgan fingerprint density at radius 1 is 0.622 bits per heavy atom. The van der Waals surface area contributed by atoms with E-state index in [1.165, 1.54) is 44.9 Å². The Morgan fingerprint density at radius 2 is 1.11 bits per heavy atom. The molecule has 0 amide bonds. The number of hydrogen-bond acceptors (Lipinski definition) is 5. The fourth-order valence-electron chi connectivity index (χ4n) is 4.17. The Labute approximate surface area is 222 Å². The molecule has 1 unspecified atom stereocenters. The Morgan fingerprint density at radius 3 is 1.73 bits per heavy atom. The van der Waals surface area contributed by atoms with E-state index >= 15 is 0 Å². The molecule has 0 fully saturated rings. The zero-order valence-electron chi connectivity index (χ0n) is 22.9. The van der Waals surface area contributed by atoms with Crippen molar-refractivity contribution in [3.05, 3.63) is 65.2 Å². The molecular weight excluding hydrogens is 464 g/mol. The summed E-state index contributed by atoms with van der Waals surface area (Å²) in [6.45, 7) is 6.29. The molecule has 0 bridgehead atoms. The lowest BCUT2D eigenvalue weighted by molar-refractivity contribution is 0.0319. The van der Waals surface area contributed by atoms with E-state index < -0.39 is 5.97 Å². The van der Waals surface area contributed by atoms with Gasteiger partial charge in [-0.3, -0.25) is 4.79 Å². The molecule has 0 aliphatic carbocycles. The lowest BCUT2D eigenvalue weighted by Crippen LogP contribution is -2.15. The fraction of sp³-hybridized carbons (Fsp3) is 0.531. The van der Waals surface area contributed by atoms with Crippen LogP contribution in [0.1, 0.15) is 135 Å². The van der Waals surface area contributed by atoms with Gasteiger partial charge in [-0.15, -0.1) is 0 Å². The number of hydrogen-bond donors (Lipinski definition) is 0. The van der Waals surface area contributed by atoms with Crippen LogP contribution in [-0.2, 0) is 4.74 Å². The number of ether oxygens (including phenoxy) is 2. The van der Waals surface area contributed by atoms with Gasteiger partial charge in [-0.2, -0.15) is 0 Å². The SMILES string of the molecule is CCCCCCCCCC(=O)c1ccc(C(=O)Oc2ccc(C(=O)OC(C)CCCCCC)cc2)cc1. The molecule has 1 atom stereocenters. The summed E-state index contributed by atoms with van der Waals surface area (Å²) in [4.78, 5) is 37.3. The summed E-state index contributed by atoms with van der Waals surface area (Å²) in [6, 6.07) is 13.0. The van der Waals surface area contributed by atoms with E-state index in [9.17, 15) is 14.4 Å². The Kier molecular flexibility index (Phi) is 14.3. The molecule has 0 aliphatic heterocycles. The average molecular weight is 509 g/mol. The minimum Gasteiger partial charge on any atom is -0.459 e. The number of rotatable bonds is 18. The van der Waals surface area contributed by atoms with Gasteiger partial charge in [-0.05, 0) is 62.6 Å². The van der Waals surface area contributed by atoms with Gasteiger partial charge >= 0.3 is 11.9 Å². The summed E-state index contributed by atoms with van der Waals surface area (Å²) in [5.41, 5.74) is 1.40. The molecule has 0 saturated heterocycles. The van der Waals surface area contributed by atoms with Gasteiger partial charge in [-0.25, -0.2) is 9.59 Å². The largest absolute Gasteiger partial charge is 0.459 e. The summed E-state index contributed by atoms with van der Waals surface area (Å²) in [6.07, 6.45) is 14.0. The summed E-state index contributed by atoms with van der Waals surface area (Å²) in [5.74, 6) is -0.445. The van der Waals surface area contributed by atoms with Crippen LogP contribution in [0.25, 0.3) is 0 Å². The fourth-order valence-corrected chi connectivity index (χ4v) is 4.17. The van der Waals surface area contributed by atoms with Crippen molar-refractivity contribution in [2.75, 3.05) is 0 Å². The first kappa shape index (κ1) is 30.3. The van der Waals surface area contributed by atoms with Crippen LogP contribution in [0.15, 0.2) is 48.5 Å². The van der Waals surface area contributed by atoms with Crippen molar-refractivity contribution in [1.82, 2.24) is 0 Å². The molecule has 0 aromatic heterocycles. The number of carbonyl (C=O) groups excluding carboxylic acids is 3. The van der Waals surface area contributed by atoms with Crippen molar-refractivity contribution in [3.63, 3.8) is 0 Å². The van der Waals surface area contributed by atoms with Gasteiger partial charge in [0.15, 0.2) is 5.78 Å². The van der Waals surface area contributed by atoms with E-state index in [4.69, 9.17) is 9.47 Å². The van der Waals surface area contributed by atoms with Crippen LogP contribution in [0.2, 0.25) is 0 Å². The molecule has 0 saturated carbocycles. The maximum absolute atomic E-state index is 12.5. The lowest BCUT2D eigenvalue weighted by Gasteiger charge is -2.13. The molecule has 202 valence electrons. The number of carbonyl (C=O) groups is 3. The normalized spacial score (nSPS) is 11.6. The van der Waals surface area contributed by atoms with Crippen molar-refractivity contribution in [2.45, 2.75) is 110 Å². The maximum atomic E-state index is 12.5. The van der Waals surface area contributed by atoms with E-state index in [1.807, 2.05) is 6.92 Å². The van der Waals surface area contributed by atoms with Gasteiger partial charge < -0.3 is 9.47 Å². The second-order valence-electron chi connectivity index (χ2n) is 9.85. The summed E-state index contributed by atoms with van der Waals surface area (Å²) >= 11 is 0. The first-order valence-electron chi connectivity index (χ1n) is 14.1. The van der Waals surface area contributed by atoms with Crippen LogP contribution < -0.4 is 4.74 Å².